The summed E-state index contributed by atoms with van der Waals surface area (Å²) in [7, 11) is 0. The van der Waals surface area contributed by atoms with Crippen LogP contribution in [-0.4, -0.2) is 45.7 Å². The summed E-state index contributed by atoms with van der Waals surface area (Å²) in [6, 6.07) is 13.2. The summed E-state index contributed by atoms with van der Waals surface area (Å²) in [6.07, 6.45) is 0.728. The van der Waals surface area contributed by atoms with E-state index in [1.165, 1.54) is 6.07 Å². The predicted octanol–water partition coefficient (Wildman–Crippen LogP) is 6.17. The van der Waals surface area contributed by atoms with Crippen LogP contribution in [0.4, 0.5) is 26.4 Å². The molecule has 1 saturated heterocycles. The lowest BCUT2D eigenvalue weighted by atomic mass is 9.96. The third-order valence-electron chi connectivity index (χ3n) is 6.75. The molecule has 1 fully saturated rings. The van der Waals surface area contributed by atoms with E-state index in [0.29, 0.717) is 64.7 Å². The maximum Gasteiger partial charge on any atom is 0.410 e. The molecule has 2 amide bonds. The van der Waals surface area contributed by atoms with Gasteiger partial charge in [0.15, 0.2) is 0 Å². The van der Waals surface area contributed by atoms with E-state index in [4.69, 9.17) is 22.1 Å². The van der Waals surface area contributed by atoms with Crippen LogP contribution in [0.5, 0.6) is 5.75 Å². The number of amides is 2. The number of nitrogens with zero attached hydrogens (tertiary/aromatic N) is 2. The first kappa shape index (κ1) is 29.9. The number of hydrogen-bond donors (Lipinski definition) is 4. The number of benzene rings is 2. The number of rotatable bonds is 7. The maximum atomic E-state index is 13.5. The summed E-state index contributed by atoms with van der Waals surface area (Å²) < 4.78 is 18.9. The van der Waals surface area contributed by atoms with Crippen molar-refractivity contribution in [2.75, 3.05) is 24.1 Å². The average molecular weight is 584 g/mol. The molecule has 11 heteroatoms. The van der Waals surface area contributed by atoms with Crippen LogP contribution in [0.2, 0.25) is 5.02 Å². The SMILES string of the molecule is CC(C)(C)OC(=O)N1CCC(C(=O)NCc2ccc(-c3cc(Nc4ccc(Cl)cc4CF)ccc3O)nc2N)CC1. The number of phenolic OH excluding ortho intramolecular Hbond substituents is 1. The Morgan fingerprint density at radius 3 is 2.51 bits per heavy atom. The van der Waals surface area contributed by atoms with Gasteiger partial charge in [-0.25, -0.2) is 14.2 Å². The number of carbonyl (C=O) groups is 2. The van der Waals surface area contributed by atoms with Gasteiger partial charge in [0.05, 0.1) is 5.69 Å². The third kappa shape index (κ3) is 7.79. The molecule has 0 spiro atoms. The number of halogens is 2. The highest BCUT2D eigenvalue weighted by Gasteiger charge is 2.30. The smallest absolute Gasteiger partial charge is 0.410 e. The van der Waals surface area contributed by atoms with Crippen molar-refractivity contribution >= 4 is 40.8 Å². The molecule has 0 unspecified atom stereocenters. The number of alkyl halides is 1. The van der Waals surface area contributed by atoms with Crippen LogP contribution in [0.25, 0.3) is 11.3 Å². The second-order valence-electron chi connectivity index (χ2n) is 11.0. The Morgan fingerprint density at radius 2 is 1.85 bits per heavy atom. The number of carbonyl (C=O) groups excluding carboxylic acids is 2. The van der Waals surface area contributed by atoms with Gasteiger partial charge in [-0.15, -0.1) is 0 Å². The summed E-state index contributed by atoms with van der Waals surface area (Å²) in [4.78, 5) is 31.1. The minimum atomic E-state index is -0.685. The molecule has 0 saturated carbocycles. The molecule has 3 aromatic rings. The lowest BCUT2D eigenvalue weighted by Crippen LogP contribution is -2.44. The number of aromatic hydroxyl groups is 1. The molecular formula is C30H35ClFN5O4. The standard InChI is InChI=1S/C30H35ClFN5O4/c1-30(2,3)41-29(40)37-12-10-18(11-13-37)28(39)34-17-19-4-7-25(36-27(19)33)23-15-22(6-9-26(23)38)35-24-8-5-21(31)14-20(24)16-32/h4-9,14-15,18,35,38H,10-13,16-17H2,1-3H3,(H2,33,36)(H,34,39). The lowest BCUT2D eigenvalue weighted by Gasteiger charge is -2.32. The van der Waals surface area contributed by atoms with Crippen LogP contribution in [0.15, 0.2) is 48.5 Å². The summed E-state index contributed by atoms with van der Waals surface area (Å²) in [6.45, 7) is 5.88. The summed E-state index contributed by atoms with van der Waals surface area (Å²) >= 11 is 5.98. The van der Waals surface area contributed by atoms with Gasteiger partial charge in [-0.1, -0.05) is 17.7 Å². The van der Waals surface area contributed by atoms with Crippen molar-refractivity contribution in [3.05, 3.63) is 64.7 Å². The van der Waals surface area contributed by atoms with Crippen molar-refractivity contribution in [1.82, 2.24) is 15.2 Å². The van der Waals surface area contributed by atoms with E-state index in [1.807, 2.05) is 20.8 Å². The molecule has 41 heavy (non-hydrogen) atoms. The van der Waals surface area contributed by atoms with Crippen LogP contribution < -0.4 is 16.4 Å². The number of hydrogen-bond acceptors (Lipinski definition) is 7. The Balaban J connectivity index is 1.37. The number of pyridine rings is 1. The third-order valence-corrected chi connectivity index (χ3v) is 6.98. The molecule has 0 radical (unpaired) electrons. The first-order chi connectivity index (χ1) is 19.4. The molecule has 218 valence electrons. The number of phenols is 1. The van der Waals surface area contributed by atoms with E-state index in [1.54, 1.807) is 47.4 Å². The molecule has 0 atom stereocenters. The number of piperidine rings is 1. The highest BCUT2D eigenvalue weighted by molar-refractivity contribution is 6.30. The van der Waals surface area contributed by atoms with Crippen molar-refractivity contribution in [1.29, 1.82) is 0 Å². The molecule has 2 heterocycles. The topological polar surface area (TPSA) is 130 Å². The summed E-state index contributed by atoms with van der Waals surface area (Å²) in [5.74, 6) is -0.0998. The molecule has 5 N–H and O–H groups in total. The van der Waals surface area contributed by atoms with Crippen molar-refractivity contribution < 1.29 is 23.8 Å². The highest BCUT2D eigenvalue weighted by atomic mass is 35.5. The van der Waals surface area contributed by atoms with E-state index in [-0.39, 0.29) is 36.0 Å². The largest absolute Gasteiger partial charge is 0.507 e. The Morgan fingerprint density at radius 1 is 1.12 bits per heavy atom. The van der Waals surface area contributed by atoms with E-state index in [0.717, 1.165) is 0 Å². The van der Waals surface area contributed by atoms with Crippen LogP contribution in [-0.2, 0) is 22.8 Å². The van der Waals surface area contributed by atoms with E-state index >= 15 is 0 Å². The number of anilines is 3. The maximum absolute atomic E-state index is 13.5. The zero-order valence-corrected chi connectivity index (χ0v) is 24.1. The highest BCUT2D eigenvalue weighted by Crippen LogP contribution is 2.34. The van der Waals surface area contributed by atoms with Crippen molar-refractivity contribution in [3.8, 4) is 17.0 Å². The molecule has 0 aliphatic carbocycles. The fourth-order valence-electron chi connectivity index (χ4n) is 4.55. The van der Waals surface area contributed by atoms with E-state index < -0.39 is 12.3 Å². The number of nitrogen functional groups attached to an aromatic ring is 1. The van der Waals surface area contributed by atoms with Crippen molar-refractivity contribution in [2.45, 2.75) is 52.4 Å². The van der Waals surface area contributed by atoms with Gasteiger partial charge in [0.25, 0.3) is 0 Å². The Labute approximate surface area is 243 Å². The molecule has 1 aliphatic heterocycles. The monoisotopic (exact) mass is 583 g/mol. The van der Waals surface area contributed by atoms with Gasteiger partial charge < -0.3 is 31.1 Å². The Hall–Kier alpha value is -4.05. The van der Waals surface area contributed by atoms with Gasteiger partial charge in [0.1, 0.15) is 23.8 Å². The zero-order chi connectivity index (χ0) is 29.7. The van der Waals surface area contributed by atoms with Crippen molar-refractivity contribution in [2.24, 2.45) is 5.92 Å². The van der Waals surface area contributed by atoms with Crippen LogP contribution >= 0.6 is 11.6 Å². The minimum absolute atomic E-state index is 0.00282. The fraction of sp³-hybridized carbons (Fsp3) is 0.367. The van der Waals surface area contributed by atoms with Gasteiger partial charge in [-0.05, 0) is 76.1 Å². The predicted molar refractivity (Wildman–Crippen MR) is 158 cm³/mol. The molecule has 1 aromatic heterocycles. The van der Waals surface area contributed by atoms with E-state index in [2.05, 4.69) is 15.6 Å². The number of nitrogens with two attached hydrogens (primary N) is 1. The number of aromatic nitrogens is 1. The van der Waals surface area contributed by atoms with E-state index in [9.17, 15) is 19.1 Å². The normalized spacial score (nSPS) is 14.0. The Bertz CT molecular complexity index is 1420. The fourth-order valence-corrected chi connectivity index (χ4v) is 4.74. The van der Waals surface area contributed by atoms with Gasteiger partial charge >= 0.3 is 6.09 Å². The molecular weight excluding hydrogens is 549 g/mol. The molecule has 4 rings (SSSR count). The van der Waals surface area contributed by atoms with Crippen LogP contribution in [0.1, 0.15) is 44.7 Å². The van der Waals surface area contributed by atoms with Gasteiger partial charge in [0, 0.05) is 58.6 Å². The average Bonchev–Trinajstić information content (AvgIpc) is 2.93. The lowest BCUT2D eigenvalue weighted by molar-refractivity contribution is -0.126. The minimum Gasteiger partial charge on any atom is -0.507 e. The molecule has 1 aliphatic rings. The van der Waals surface area contributed by atoms with Gasteiger partial charge in [-0.2, -0.15) is 0 Å². The van der Waals surface area contributed by atoms with Crippen LogP contribution in [0, 0.1) is 5.92 Å². The van der Waals surface area contributed by atoms with Crippen molar-refractivity contribution in [3.63, 3.8) is 0 Å². The summed E-state index contributed by atoms with van der Waals surface area (Å²) in [5.41, 5.74) is 8.75. The molecule has 9 nitrogen and oxygen atoms in total. The first-order valence-corrected chi connectivity index (χ1v) is 13.8. The van der Waals surface area contributed by atoms with Crippen LogP contribution in [0.3, 0.4) is 0 Å². The zero-order valence-electron chi connectivity index (χ0n) is 23.3. The Kier molecular flexibility index (Phi) is 9.22. The number of ether oxygens (including phenoxy) is 1. The summed E-state index contributed by atoms with van der Waals surface area (Å²) in [5, 5.41) is 17.0. The molecule has 2 aromatic carbocycles. The second kappa shape index (κ2) is 12.6. The number of likely N-dealkylation sites (tertiary alicyclic amines) is 1. The van der Waals surface area contributed by atoms with Gasteiger partial charge in [-0.3, -0.25) is 4.79 Å². The quantitative estimate of drug-likeness (QED) is 0.245. The molecule has 0 bridgehead atoms. The second-order valence-corrected chi connectivity index (χ2v) is 11.4. The van der Waals surface area contributed by atoms with Gasteiger partial charge in [0.2, 0.25) is 5.91 Å². The number of nitrogens with one attached hydrogen (secondary N) is 2. The first-order valence-electron chi connectivity index (χ1n) is 13.4.